The number of aliphatic hydroxyl groups excluding tert-OH is 1. The highest BCUT2D eigenvalue weighted by atomic mass is 31.2. The lowest BCUT2D eigenvalue weighted by atomic mass is 9.78. The van der Waals surface area contributed by atoms with Crippen LogP contribution in [0.4, 0.5) is 0 Å². The number of allylic oxidation sites excluding steroid dienone is 6. The summed E-state index contributed by atoms with van der Waals surface area (Å²) in [6.07, 6.45) is 11.4. The van der Waals surface area contributed by atoms with Gasteiger partial charge in [-0.3, -0.25) is 23.7 Å². The van der Waals surface area contributed by atoms with Crippen molar-refractivity contribution in [2.45, 2.75) is 180 Å². The Hall–Kier alpha value is -3.14. The number of ketones is 3. The Morgan fingerprint density at radius 1 is 0.870 bits per heavy atom. The maximum Gasteiger partial charge on any atom is 0.329 e. The zero-order valence-corrected chi connectivity index (χ0v) is 44.3. The summed E-state index contributed by atoms with van der Waals surface area (Å²) in [7, 11) is 1.76. The standard InChI is InChI=1S/C53H84NO14P/c1-32-18-14-13-15-19-33(2)44(63-8)30-40-23-21-38(7)53(61,67-40)50(58)51(59)54-25-17-16-20-41(54)52(60)66-45(35(4)28-39-22-24-43(46(29-39)64-9)68-69(11,12)62)31-42(55)34(3)27-37(6)48(57)49(65-10)47(56)36(5)26-32/h13-15,18-19,27,32,35-41,43-46,48-49,57,61H,16-17,20-26,28-31H2,1-12H3/t32-,35-,36-,37?,38-,39+,40+,41+,43-,44+,45?,46-,48-,49+,53-/m1/s1. The number of hydrogen-bond donors (Lipinski definition) is 2. The Morgan fingerprint density at radius 3 is 2.23 bits per heavy atom. The molecule has 0 aromatic carbocycles. The van der Waals surface area contributed by atoms with Crippen molar-refractivity contribution >= 4 is 36.6 Å². The van der Waals surface area contributed by atoms with E-state index in [-0.39, 0.29) is 60.9 Å². The summed E-state index contributed by atoms with van der Waals surface area (Å²) in [4.78, 5) is 72.2. The molecule has 1 aliphatic carbocycles. The van der Waals surface area contributed by atoms with Gasteiger partial charge in [-0.25, -0.2) is 4.79 Å². The number of cyclic esters (lactones) is 1. The molecule has 0 aromatic rings. The van der Waals surface area contributed by atoms with Gasteiger partial charge in [-0.05, 0) is 107 Å². The topological polar surface area (TPSA) is 201 Å². The summed E-state index contributed by atoms with van der Waals surface area (Å²) in [5.74, 6) is -8.08. The zero-order valence-electron chi connectivity index (χ0n) is 43.4. The highest BCUT2D eigenvalue weighted by Crippen LogP contribution is 2.45. The van der Waals surface area contributed by atoms with Crippen molar-refractivity contribution < 1.29 is 67.0 Å². The van der Waals surface area contributed by atoms with Crippen LogP contribution < -0.4 is 0 Å². The number of carbonyl (C=O) groups is 5. The summed E-state index contributed by atoms with van der Waals surface area (Å²) in [5.41, 5.74) is 1.18. The van der Waals surface area contributed by atoms with E-state index in [2.05, 4.69) is 0 Å². The van der Waals surface area contributed by atoms with Gasteiger partial charge in [-0.15, -0.1) is 0 Å². The third-order valence-corrected chi connectivity index (χ3v) is 15.6. The van der Waals surface area contributed by atoms with Gasteiger partial charge in [0.15, 0.2) is 18.9 Å². The predicted molar refractivity (Wildman–Crippen MR) is 263 cm³/mol. The Labute approximate surface area is 411 Å². The van der Waals surface area contributed by atoms with Gasteiger partial charge < -0.3 is 43.3 Å². The summed E-state index contributed by atoms with van der Waals surface area (Å²) in [5, 5.41) is 23.5. The molecule has 2 N–H and O–H groups in total. The largest absolute Gasteiger partial charge is 0.460 e. The van der Waals surface area contributed by atoms with Gasteiger partial charge in [0.1, 0.15) is 18.2 Å². The average Bonchev–Trinajstić information content (AvgIpc) is 3.30. The normalized spacial score (nSPS) is 36.6. The molecular weight excluding hydrogens is 906 g/mol. The Balaban J connectivity index is 1.70. The quantitative estimate of drug-likeness (QED) is 0.136. The number of ether oxygens (including phenoxy) is 5. The van der Waals surface area contributed by atoms with Crippen LogP contribution in [-0.2, 0) is 56.7 Å². The minimum absolute atomic E-state index is 0.0144. The first-order chi connectivity index (χ1) is 32.4. The summed E-state index contributed by atoms with van der Waals surface area (Å²) in [6.45, 7) is 15.9. The van der Waals surface area contributed by atoms with Crippen LogP contribution in [0.25, 0.3) is 0 Å². The molecule has 15 nitrogen and oxygen atoms in total. The second-order valence-electron chi connectivity index (χ2n) is 20.9. The predicted octanol–water partition coefficient (Wildman–Crippen LogP) is 7.74. The molecule has 3 heterocycles. The highest BCUT2D eigenvalue weighted by molar-refractivity contribution is 7.57. The molecular formula is C53H84NO14P. The van der Waals surface area contributed by atoms with Crippen LogP contribution in [0.1, 0.15) is 126 Å². The molecule has 1 amide bonds. The van der Waals surface area contributed by atoms with Gasteiger partial charge in [0.05, 0.1) is 30.5 Å². The van der Waals surface area contributed by atoms with Gasteiger partial charge in [0, 0.05) is 71.8 Å². The lowest BCUT2D eigenvalue weighted by Gasteiger charge is -2.42. The molecule has 16 heteroatoms. The van der Waals surface area contributed by atoms with E-state index in [9.17, 15) is 38.8 Å². The van der Waals surface area contributed by atoms with E-state index in [0.29, 0.717) is 63.4 Å². The van der Waals surface area contributed by atoms with Crippen molar-refractivity contribution in [3.8, 4) is 0 Å². The number of fused-ring (bicyclic) bond motifs is 3. The molecule has 0 aromatic heterocycles. The zero-order chi connectivity index (χ0) is 51.4. The number of amides is 1. The van der Waals surface area contributed by atoms with E-state index in [1.807, 2.05) is 58.1 Å². The van der Waals surface area contributed by atoms with Crippen LogP contribution >= 0.6 is 7.37 Å². The van der Waals surface area contributed by atoms with Crippen molar-refractivity contribution in [2.24, 2.45) is 35.5 Å². The second kappa shape index (κ2) is 26.5. The third kappa shape index (κ3) is 16.2. The van der Waals surface area contributed by atoms with E-state index < -0.39 is 85.1 Å². The van der Waals surface area contributed by atoms with E-state index in [1.54, 1.807) is 54.4 Å². The van der Waals surface area contributed by atoms with Crippen LogP contribution in [-0.4, -0.2) is 140 Å². The van der Waals surface area contributed by atoms with Gasteiger partial charge in [-0.2, -0.15) is 0 Å². The minimum Gasteiger partial charge on any atom is -0.460 e. The number of rotatable bonds is 8. The third-order valence-electron chi connectivity index (χ3n) is 14.9. The van der Waals surface area contributed by atoms with Crippen molar-refractivity contribution in [3.05, 3.63) is 47.6 Å². The summed E-state index contributed by atoms with van der Waals surface area (Å²) < 4.78 is 48.2. The van der Waals surface area contributed by atoms with Crippen LogP contribution in [0, 0.1) is 35.5 Å². The van der Waals surface area contributed by atoms with Crippen molar-refractivity contribution in [1.29, 1.82) is 0 Å². The number of methoxy groups -OCH3 is 3. The molecule has 2 unspecified atom stereocenters. The van der Waals surface area contributed by atoms with Crippen LogP contribution in [0.3, 0.4) is 0 Å². The summed E-state index contributed by atoms with van der Waals surface area (Å²) in [6, 6.07) is -1.16. The monoisotopic (exact) mass is 990 g/mol. The van der Waals surface area contributed by atoms with Crippen LogP contribution in [0.15, 0.2) is 47.6 Å². The minimum atomic E-state index is -2.79. The van der Waals surface area contributed by atoms with Gasteiger partial charge in [0.2, 0.25) is 5.79 Å². The molecule has 3 aliphatic heterocycles. The van der Waals surface area contributed by atoms with E-state index in [4.69, 9.17) is 28.2 Å². The molecule has 4 aliphatic rings. The van der Waals surface area contributed by atoms with E-state index in [0.717, 1.165) is 12.0 Å². The second-order valence-corrected chi connectivity index (χ2v) is 23.6. The number of hydrogen-bond acceptors (Lipinski definition) is 14. The Kier molecular flexibility index (Phi) is 22.5. The number of piperidine rings is 1. The SMILES string of the molecule is CO[C@H]1C[C@@H]2CC[C@@H](C)[C@@](O)(O2)C(=O)C(=O)N2CCCC[C@H]2C(=O)OC([C@H](C)C[C@@H]2CC[C@@H](OP(C)(C)=O)[C@H](OC)C2)CC(=O)C(C)=CC(C)[C@@H](O)[C@@H](OC)C(=O)[C@H](C)C[C@H](C)C=CC=CC=C1C. The number of esters is 1. The van der Waals surface area contributed by atoms with Crippen molar-refractivity contribution in [2.75, 3.05) is 41.2 Å². The molecule has 69 heavy (non-hydrogen) atoms. The average molecular weight is 990 g/mol. The van der Waals surface area contributed by atoms with E-state index in [1.165, 1.54) is 12.0 Å². The number of nitrogens with zero attached hydrogens (tertiary/aromatic N) is 1. The van der Waals surface area contributed by atoms with Gasteiger partial charge >= 0.3 is 5.97 Å². The molecule has 1 saturated carbocycles. The number of Topliss-reactive ketones (excluding diaryl/α,β-unsaturated/α-hetero) is 3. The maximum atomic E-state index is 14.5. The fourth-order valence-corrected chi connectivity index (χ4v) is 11.5. The first-order valence-electron chi connectivity index (χ1n) is 25.2. The lowest BCUT2D eigenvalue weighted by molar-refractivity contribution is -0.265. The first kappa shape index (κ1) is 58.4. The smallest absolute Gasteiger partial charge is 0.329 e. The molecule has 0 radical (unpaired) electrons. The molecule has 2 saturated heterocycles. The first-order valence-corrected chi connectivity index (χ1v) is 27.7. The highest BCUT2D eigenvalue weighted by Gasteiger charge is 2.53. The van der Waals surface area contributed by atoms with Crippen LogP contribution in [0.2, 0.25) is 0 Å². The molecule has 390 valence electrons. The maximum absolute atomic E-state index is 14.5. The Bertz CT molecular complexity index is 1940. The number of carbonyl (C=O) groups excluding carboxylic acids is 5. The number of aliphatic hydroxyl groups is 2. The van der Waals surface area contributed by atoms with Crippen molar-refractivity contribution in [3.63, 3.8) is 0 Å². The molecule has 0 spiro atoms. The Morgan fingerprint density at radius 2 is 1.58 bits per heavy atom. The molecule has 3 fully saturated rings. The van der Waals surface area contributed by atoms with Crippen LogP contribution in [0.5, 0.6) is 0 Å². The lowest BCUT2D eigenvalue weighted by Crippen LogP contribution is -2.61. The van der Waals surface area contributed by atoms with Crippen molar-refractivity contribution in [1.82, 2.24) is 4.90 Å². The molecule has 15 atom stereocenters. The summed E-state index contributed by atoms with van der Waals surface area (Å²) >= 11 is 0. The fraction of sp³-hybridized carbons (Fsp3) is 0.755. The van der Waals surface area contributed by atoms with E-state index >= 15 is 0 Å². The molecule has 4 rings (SSSR count). The van der Waals surface area contributed by atoms with Gasteiger partial charge in [-0.1, -0.05) is 71.1 Å². The fourth-order valence-electron chi connectivity index (χ4n) is 10.6. The van der Waals surface area contributed by atoms with Gasteiger partial charge in [0.25, 0.3) is 11.7 Å². The molecule has 2 bridgehead atoms.